The summed E-state index contributed by atoms with van der Waals surface area (Å²) in [5.74, 6) is -0.238. The van der Waals surface area contributed by atoms with E-state index in [1.54, 1.807) is 13.8 Å². The highest BCUT2D eigenvalue weighted by molar-refractivity contribution is 5.99. The van der Waals surface area contributed by atoms with E-state index in [4.69, 9.17) is 0 Å². The molecule has 0 amide bonds. The summed E-state index contributed by atoms with van der Waals surface area (Å²) in [5.41, 5.74) is 0.622. The third kappa shape index (κ3) is 1.64. The zero-order chi connectivity index (χ0) is 10.0. The molecule has 0 bridgehead atoms. The van der Waals surface area contributed by atoms with E-state index in [0.717, 1.165) is 0 Å². The highest BCUT2D eigenvalue weighted by atomic mass is 16.3. The molecule has 0 fully saturated rings. The molecule has 1 rings (SSSR count). The van der Waals surface area contributed by atoms with Gasteiger partial charge in [0.25, 0.3) is 0 Å². The first-order valence-corrected chi connectivity index (χ1v) is 4.12. The van der Waals surface area contributed by atoms with Crippen LogP contribution in [0.1, 0.15) is 29.3 Å². The van der Waals surface area contributed by atoms with Gasteiger partial charge in [-0.1, -0.05) is 6.92 Å². The molecule has 3 nitrogen and oxygen atoms in total. The zero-order valence-electron chi connectivity index (χ0n) is 7.66. The third-order valence-corrected chi connectivity index (χ3v) is 2.02. The van der Waals surface area contributed by atoms with Crippen molar-refractivity contribution in [1.82, 2.24) is 0 Å². The molecule has 0 aliphatic heterocycles. The predicted molar refractivity (Wildman–Crippen MR) is 49.1 cm³/mol. The van der Waals surface area contributed by atoms with Crippen LogP contribution in [-0.2, 0) is 0 Å². The summed E-state index contributed by atoms with van der Waals surface area (Å²) in [5, 5.41) is 18.7. The Balaban J connectivity index is 3.26. The third-order valence-electron chi connectivity index (χ3n) is 2.02. The number of carbonyl (C=O) groups excluding carboxylic acids is 1. The average molecular weight is 180 g/mol. The molecule has 0 aliphatic carbocycles. The lowest BCUT2D eigenvalue weighted by Crippen LogP contribution is -1.97. The molecule has 0 heterocycles. The molecule has 0 radical (unpaired) electrons. The summed E-state index contributed by atoms with van der Waals surface area (Å²) in [6.07, 6.45) is 0.345. The molecule has 0 spiro atoms. The van der Waals surface area contributed by atoms with Crippen LogP contribution in [0.15, 0.2) is 12.1 Å². The molecule has 1 aromatic carbocycles. The number of aromatic hydroxyl groups is 2. The Hall–Kier alpha value is -1.51. The van der Waals surface area contributed by atoms with E-state index in [1.807, 2.05) is 0 Å². The van der Waals surface area contributed by atoms with E-state index in [1.165, 1.54) is 12.1 Å². The van der Waals surface area contributed by atoms with Crippen molar-refractivity contribution in [1.29, 1.82) is 0 Å². The van der Waals surface area contributed by atoms with Crippen molar-refractivity contribution in [2.75, 3.05) is 0 Å². The zero-order valence-corrected chi connectivity index (χ0v) is 7.66. The lowest BCUT2D eigenvalue weighted by Gasteiger charge is -2.06. The molecule has 0 saturated carbocycles. The second-order valence-corrected chi connectivity index (χ2v) is 2.88. The van der Waals surface area contributed by atoms with Crippen LogP contribution in [0, 0.1) is 6.92 Å². The Kier molecular flexibility index (Phi) is 2.56. The number of ketones is 1. The number of carbonyl (C=O) groups is 1. The quantitative estimate of drug-likeness (QED) is 0.684. The maximum absolute atomic E-state index is 11.3. The maximum Gasteiger partial charge on any atom is 0.166 e. The van der Waals surface area contributed by atoms with Crippen molar-refractivity contribution in [2.24, 2.45) is 0 Å². The lowest BCUT2D eigenvalue weighted by atomic mass is 10.0. The minimum atomic E-state index is -0.124. The van der Waals surface area contributed by atoms with Gasteiger partial charge in [-0.2, -0.15) is 0 Å². The normalized spacial score (nSPS) is 10.0. The van der Waals surface area contributed by atoms with Crippen molar-refractivity contribution < 1.29 is 15.0 Å². The van der Waals surface area contributed by atoms with Crippen LogP contribution >= 0.6 is 0 Å². The fraction of sp³-hybridized carbons (Fsp3) is 0.300. The fourth-order valence-electron chi connectivity index (χ4n) is 1.10. The minimum Gasteiger partial charge on any atom is -0.508 e. The van der Waals surface area contributed by atoms with Crippen LogP contribution in [0.3, 0.4) is 0 Å². The van der Waals surface area contributed by atoms with Gasteiger partial charge in [-0.25, -0.2) is 0 Å². The molecule has 2 N–H and O–H groups in total. The molecule has 13 heavy (non-hydrogen) atoms. The minimum absolute atomic E-state index is 0.00477. The number of rotatable bonds is 2. The van der Waals surface area contributed by atoms with Crippen molar-refractivity contribution in [3.05, 3.63) is 23.3 Å². The first kappa shape index (κ1) is 9.58. The topological polar surface area (TPSA) is 57.5 Å². The van der Waals surface area contributed by atoms with Crippen molar-refractivity contribution in [2.45, 2.75) is 20.3 Å². The Morgan fingerprint density at radius 2 is 2.00 bits per heavy atom. The van der Waals surface area contributed by atoms with E-state index >= 15 is 0 Å². The molecule has 70 valence electrons. The van der Waals surface area contributed by atoms with Crippen LogP contribution < -0.4 is 0 Å². The van der Waals surface area contributed by atoms with E-state index in [-0.39, 0.29) is 22.8 Å². The predicted octanol–water partition coefficient (Wildman–Crippen LogP) is 2.00. The second-order valence-electron chi connectivity index (χ2n) is 2.88. The number of benzene rings is 1. The Labute approximate surface area is 76.6 Å². The first-order valence-electron chi connectivity index (χ1n) is 4.12. The molecule has 3 heteroatoms. The number of hydrogen-bond donors (Lipinski definition) is 2. The van der Waals surface area contributed by atoms with Gasteiger partial charge in [-0.05, 0) is 19.1 Å². The SMILES string of the molecule is CCC(=O)c1ccc(O)c(C)c1O. The van der Waals surface area contributed by atoms with E-state index in [9.17, 15) is 15.0 Å². The summed E-state index contributed by atoms with van der Waals surface area (Å²) >= 11 is 0. The van der Waals surface area contributed by atoms with Crippen LogP contribution in [0.4, 0.5) is 0 Å². The van der Waals surface area contributed by atoms with Crippen molar-refractivity contribution in [3.63, 3.8) is 0 Å². The molecule has 1 aromatic rings. The van der Waals surface area contributed by atoms with Crippen LogP contribution in [0.2, 0.25) is 0 Å². The fourth-order valence-corrected chi connectivity index (χ4v) is 1.10. The summed E-state index contributed by atoms with van der Waals surface area (Å²) in [6.45, 7) is 3.29. The molecular weight excluding hydrogens is 168 g/mol. The molecular formula is C10H12O3. The molecule has 0 unspecified atom stereocenters. The molecule has 0 atom stereocenters. The summed E-state index contributed by atoms with van der Waals surface area (Å²) in [6, 6.07) is 2.85. The van der Waals surface area contributed by atoms with Gasteiger partial charge in [0.1, 0.15) is 11.5 Å². The van der Waals surface area contributed by atoms with Gasteiger partial charge in [0, 0.05) is 12.0 Å². The number of Topliss-reactive ketones (excluding diaryl/α,β-unsaturated/α-hetero) is 1. The van der Waals surface area contributed by atoms with Gasteiger partial charge in [0.2, 0.25) is 0 Å². The Morgan fingerprint density at radius 3 is 2.54 bits per heavy atom. The second kappa shape index (κ2) is 3.47. The van der Waals surface area contributed by atoms with Gasteiger partial charge in [-0.3, -0.25) is 4.79 Å². The molecule has 0 aromatic heterocycles. The van der Waals surface area contributed by atoms with Gasteiger partial charge < -0.3 is 10.2 Å². The van der Waals surface area contributed by atoms with Gasteiger partial charge in [0.05, 0.1) is 5.56 Å². The number of hydrogen-bond acceptors (Lipinski definition) is 3. The number of phenolic OH excluding ortho intramolecular Hbond substituents is 2. The summed E-state index contributed by atoms with van der Waals surface area (Å²) in [7, 11) is 0. The van der Waals surface area contributed by atoms with Crippen LogP contribution in [0.5, 0.6) is 11.5 Å². The van der Waals surface area contributed by atoms with Crippen molar-refractivity contribution >= 4 is 5.78 Å². The molecule has 0 aliphatic rings. The smallest absolute Gasteiger partial charge is 0.166 e. The van der Waals surface area contributed by atoms with Crippen molar-refractivity contribution in [3.8, 4) is 11.5 Å². The lowest BCUT2D eigenvalue weighted by molar-refractivity contribution is 0.0985. The largest absolute Gasteiger partial charge is 0.508 e. The Bertz CT molecular complexity index is 342. The van der Waals surface area contributed by atoms with Gasteiger partial charge >= 0.3 is 0 Å². The van der Waals surface area contributed by atoms with E-state index < -0.39 is 0 Å². The van der Waals surface area contributed by atoms with Gasteiger partial charge in [-0.15, -0.1) is 0 Å². The average Bonchev–Trinajstić information content (AvgIpc) is 2.13. The van der Waals surface area contributed by atoms with Crippen LogP contribution in [0.25, 0.3) is 0 Å². The molecule has 0 saturated heterocycles. The van der Waals surface area contributed by atoms with Gasteiger partial charge in [0.15, 0.2) is 5.78 Å². The summed E-state index contributed by atoms with van der Waals surface area (Å²) < 4.78 is 0. The summed E-state index contributed by atoms with van der Waals surface area (Å²) in [4.78, 5) is 11.3. The maximum atomic E-state index is 11.3. The van der Waals surface area contributed by atoms with Crippen LogP contribution in [-0.4, -0.2) is 16.0 Å². The number of phenols is 2. The highest BCUT2D eigenvalue weighted by Crippen LogP contribution is 2.29. The monoisotopic (exact) mass is 180 g/mol. The Morgan fingerprint density at radius 1 is 1.38 bits per heavy atom. The van der Waals surface area contributed by atoms with E-state index in [0.29, 0.717) is 12.0 Å². The standard InChI is InChI=1S/C10H12O3/c1-3-8(11)7-4-5-9(12)6(2)10(7)13/h4-5,12-13H,3H2,1-2H3. The van der Waals surface area contributed by atoms with E-state index in [2.05, 4.69) is 0 Å². The first-order chi connectivity index (χ1) is 6.07. The highest BCUT2D eigenvalue weighted by Gasteiger charge is 2.12.